The van der Waals surface area contributed by atoms with Crippen molar-refractivity contribution in [1.82, 2.24) is 19.6 Å². The van der Waals surface area contributed by atoms with Crippen LogP contribution in [0.25, 0.3) is 5.78 Å². The first-order valence-corrected chi connectivity index (χ1v) is 7.02. The number of aromatic nitrogens is 4. The van der Waals surface area contributed by atoms with Crippen molar-refractivity contribution in [2.75, 3.05) is 25.3 Å². The fourth-order valence-corrected chi connectivity index (χ4v) is 2.27. The maximum absolute atomic E-state index is 5.57. The smallest absolute Gasteiger partial charge is 0.254 e. The third-order valence-corrected chi connectivity index (χ3v) is 3.33. The van der Waals surface area contributed by atoms with E-state index in [1.807, 2.05) is 6.07 Å². The van der Waals surface area contributed by atoms with Gasteiger partial charge in [-0.1, -0.05) is 13.3 Å². The summed E-state index contributed by atoms with van der Waals surface area (Å²) in [5.74, 6) is 1.81. The van der Waals surface area contributed by atoms with E-state index in [0.29, 0.717) is 18.3 Å². The van der Waals surface area contributed by atoms with E-state index >= 15 is 0 Å². The Morgan fingerprint density at radius 1 is 1.55 bits per heavy atom. The van der Waals surface area contributed by atoms with Gasteiger partial charge in [-0.3, -0.25) is 4.84 Å². The minimum absolute atomic E-state index is 0.464. The molecule has 20 heavy (non-hydrogen) atoms. The van der Waals surface area contributed by atoms with Crippen LogP contribution in [0.5, 0.6) is 0 Å². The zero-order chi connectivity index (χ0) is 13.8. The van der Waals surface area contributed by atoms with Crippen molar-refractivity contribution in [2.24, 2.45) is 5.92 Å². The van der Waals surface area contributed by atoms with Gasteiger partial charge >= 0.3 is 0 Å². The van der Waals surface area contributed by atoms with Gasteiger partial charge < -0.3 is 4.74 Å². The van der Waals surface area contributed by atoms with Gasteiger partial charge in [-0.2, -0.15) is 14.6 Å². The molecule has 0 saturated carbocycles. The molecule has 1 atom stereocenters. The average molecular weight is 277 g/mol. The summed E-state index contributed by atoms with van der Waals surface area (Å²) in [5, 5.41) is 4.15. The summed E-state index contributed by atoms with van der Waals surface area (Å²) in [6.45, 7) is 4.36. The molecule has 0 aliphatic carbocycles. The van der Waals surface area contributed by atoms with E-state index in [9.17, 15) is 0 Å². The van der Waals surface area contributed by atoms with E-state index in [1.165, 1.54) is 6.33 Å². The number of nitrogens with one attached hydrogen (secondary N) is 1. The summed E-state index contributed by atoms with van der Waals surface area (Å²) in [4.78, 5) is 14.1. The number of hydrogen-bond donors (Lipinski definition) is 1. The Kier molecular flexibility index (Phi) is 4.08. The van der Waals surface area contributed by atoms with Gasteiger partial charge in [0, 0.05) is 24.3 Å². The molecule has 0 bridgehead atoms. The number of hydrogen-bond acceptors (Lipinski definition) is 6. The van der Waals surface area contributed by atoms with Gasteiger partial charge in [-0.25, -0.2) is 10.5 Å². The van der Waals surface area contributed by atoms with Crippen LogP contribution in [0.1, 0.15) is 25.5 Å². The van der Waals surface area contributed by atoms with E-state index in [4.69, 9.17) is 9.57 Å². The highest BCUT2D eigenvalue weighted by Crippen LogP contribution is 2.15. The maximum Gasteiger partial charge on any atom is 0.254 e. The first-order chi connectivity index (χ1) is 9.86. The number of aryl methyl sites for hydroxylation is 1. The topological polar surface area (TPSA) is 73.6 Å². The predicted octanol–water partition coefficient (Wildman–Crippen LogP) is 1.46. The van der Waals surface area contributed by atoms with Crippen LogP contribution < -0.4 is 5.48 Å². The molecule has 3 rings (SSSR count). The van der Waals surface area contributed by atoms with Crippen LogP contribution in [0.2, 0.25) is 0 Å². The minimum atomic E-state index is 0.464. The van der Waals surface area contributed by atoms with Gasteiger partial charge in [0.25, 0.3) is 5.78 Å². The molecular formula is C13H19N5O2. The molecule has 108 valence electrons. The van der Waals surface area contributed by atoms with Crippen molar-refractivity contribution in [3.8, 4) is 0 Å². The average Bonchev–Trinajstić information content (AvgIpc) is 3.09. The first-order valence-electron chi connectivity index (χ1n) is 7.02. The summed E-state index contributed by atoms with van der Waals surface area (Å²) < 4.78 is 6.97. The number of anilines is 1. The molecule has 1 saturated heterocycles. The molecule has 7 nitrogen and oxygen atoms in total. The molecule has 1 aliphatic rings. The lowest BCUT2D eigenvalue weighted by molar-refractivity contribution is 0.126. The van der Waals surface area contributed by atoms with Crippen LogP contribution >= 0.6 is 0 Å². The molecule has 0 radical (unpaired) electrons. The van der Waals surface area contributed by atoms with Gasteiger partial charge in [-0.05, 0) is 12.8 Å². The normalized spacial score (nSPS) is 18.8. The molecule has 1 fully saturated rings. The number of rotatable bonds is 6. The monoisotopic (exact) mass is 277 g/mol. The molecular weight excluding hydrogens is 258 g/mol. The highest BCUT2D eigenvalue weighted by molar-refractivity contribution is 5.43. The number of fused-ring (bicyclic) bond motifs is 1. The van der Waals surface area contributed by atoms with E-state index in [1.54, 1.807) is 4.52 Å². The lowest BCUT2D eigenvalue weighted by Crippen LogP contribution is -2.15. The maximum atomic E-state index is 5.57. The zero-order valence-corrected chi connectivity index (χ0v) is 11.6. The van der Waals surface area contributed by atoms with Crippen molar-refractivity contribution in [3.05, 3.63) is 18.1 Å². The first kappa shape index (κ1) is 13.3. The van der Waals surface area contributed by atoms with Crippen LogP contribution in [-0.4, -0.2) is 39.4 Å². The van der Waals surface area contributed by atoms with Crippen molar-refractivity contribution in [2.45, 2.75) is 26.2 Å². The van der Waals surface area contributed by atoms with E-state index in [0.717, 1.165) is 44.0 Å². The number of ether oxygens (including phenoxy) is 1. The second-order valence-corrected chi connectivity index (χ2v) is 5.00. The Morgan fingerprint density at radius 2 is 2.50 bits per heavy atom. The quantitative estimate of drug-likeness (QED) is 0.806. The van der Waals surface area contributed by atoms with Crippen LogP contribution in [0.3, 0.4) is 0 Å². The molecule has 2 aromatic rings. The molecule has 0 amide bonds. The van der Waals surface area contributed by atoms with Crippen molar-refractivity contribution < 1.29 is 9.57 Å². The highest BCUT2D eigenvalue weighted by Gasteiger charge is 2.16. The highest BCUT2D eigenvalue weighted by atomic mass is 16.6. The standard InChI is InChI=1S/C13H19N5O2/c1-2-3-11-6-12(18-13(16-11)14-9-15-18)17-20-8-10-4-5-19-7-10/h6,9-10,17H,2-5,7-8H2,1H3. The van der Waals surface area contributed by atoms with Crippen molar-refractivity contribution in [3.63, 3.8) is 0 Å². The molecule has 0 aromatic carbocycles. The third-order valence-electron chi connectivity index (χ3n) is 3.33. The summed E-state index contributed by atoms with van der Waals surface area (Å²) in [6, 6.07) is 1.95. The van der Waals surface area contributed by atoms with E-state index < -0.39 is 0 Å². The lowest BCUT2D eigenvalue weighted by Gasteiger charge is -2.11. The Bertz CT molecular complexity index is 565. The van der Waals surface area contributed by atoms with Gasteiger partial charge in [0.05, 0.1) is 13.2 Å². The second kappa shape index (κ2) is 6.15. The number of nitrogens with zero attached hydrogens (tertiary/aromatic N) is 4. The fourth-order valence-electron chi connectivity index (χ4n) is 2.27. The summed E-state index contributed by atoms with van der Waals surface area (Å²) in [6.07, 6.45) is 4.50. The molecule has 3 heterocycles. The lowest BCUT2D eigenvalue weighted by atomic mass is 10.1. The molecule has 2 aromatic heterocycles. The van der Waals surface area contributed by atoms with Crippen molar-refractivity contribution in [1.29, 1.82) is 0 Å². The summed E-state index contributed by atoms with van der Waals surface area (Å²) in [7, 11) is 0. The zero-order valence-electron chi connectivity index (χ0n) is 11.6. The Morgan fingerprint density at radius 3 is 3.30 bits per heavy atom. The second-order valence-electron chi connectivity index (χ2n) is 5.00. The van der Waals surface area contributed by atoms with E-state index in [-0.39, 0.29) is 0 Å². The molecule has 1 aliphatic heterocycles. The van der Waals surface area contributed by atoms with E-state index in [2.05, 4.69) is 27.5 Å². The van der Waals surface area contributed by atoms with Gasteiger partial charge in [0.2, 0.25) is 0 Å². The molecule has 7 heteroatoms. The predicted molar refractivity (Wildman–Crippen MR) is 73.3 cm³/mol. The molecule has 1 N–H and O–H groups in total. The Balaban J connectivity index is 1.69. The third kappa shape index (κ3) is 2.88. The van der Waals surface area contributed by atoms with Crippen LogP contribution in [0.15, 0.2) is 12.4 Å². The van der Waals surface area contributed by atoms with Crippen LogP contribution in [-0.2, 0) is 16.0 Å². The fraction of sp³-hybridized carbons (Fsp3) is 0.615. The molecule has 1 unspecified atom stereocenters. The Hall–Kier alpha value is -1.73. The van der Waals surface area contributed by atoms with Gasteiger partial charge in [0.1, 0.15) is 6.33 Å². The Labute approximate surface area is 117 Å². The SMILES string of the molecule is CCCc1cc(NOCC2CCOC2)n2ncnc2n1. The van der Waals surface area contributed by atoms with Crippen LogP contribution in [0, 0.1) is 5.92 Å². The summed E-state index contributed by atoms with van der Waals surface area (Å²) >= 11 is 0. The van der Waals surface area contributed by atoms with Gasteiger partial charge in [0.15, 0.2) is 5.82 Å². The van der Waals surface area contributed by atoms with Crippen LogP contribution in [0.4, 0.5) is 5.82 Å². The van der Waals surface area contributed by atoms with Gasteiger partial charge in [-0.15, -0.1) is 0 Å². The van der Waals surface area contributed by atoms with Crippen molar-refractivity contribution >= 4 is 11.6 Å². The minimum Gasteiger partial charge on any atom is -0.381 e. The molecule has 0 spiro atoms. The largest absolute Gasteiger partial charge is 0.381 e. The summed E-state index contributed by atoms with van der Waals surface area (Å²) in [5.41, 5.74) is 3.95.